The lowest BCUT2D eigenvalue weighted by atomic mass is 10.1. The summed E-state index contributed by atoms with van der Waals surface area (Å²) in [7, 11) is 0. The first kappa shape index (κ1) is 18.5. The van der Waals surface area contributed by atoms with Crippen molar-refractivity contribution in [2.45, 2.75) is 33.2 Å². The Labute approximate surface area is 147 Å². The molecule has 0 atom stereocenters. The van der Waals surface area contributed by atoms with Crippen molar-refractivity contribution in [1.82, 2.24) is 9.88 Å². The Morgan fingerprint density at radius 2 is 1.84 bits per heavy atom. The molecule has 0 spiro atoms. The molecule has 0 aliphatic carbocycles. The van der Waals surface area contributed by atoms with Gasteiger partial charge >= 0.3 is 0 Å². The van der Waals surface area contributed by atoms with Crippen LogP contribution in [-0.4, -0.2) is 22.6 Å². The van der Waals surface area contributed by atoms with Gasteiger partial charge in [0.1, 0.15) is 11.4 Å². The molecule has 1 amide bonds. The van der Waals surface area contributed by atoms with Crippen molar-refractivity contribution in [1.29, 1.82) is 0 Å². The van der Waals surface area contributed by atoms with E-state index in [0.717, 1.165) is 11.3 Å². The Morgan fingerprint density at radius 3 is 2.40 bits per heavy atom. The zero-order valence-electron chi connectivity index (χ0n) is 15.1. The minimum absolute atomic E-state index is 0.260. The average Bonchev–Trinajstić information content (AvgIpc) is 2.53. The smallest absolute Gasteiger partial charge is 0.268 e. The molecule has 2 rings (SSSR count). The van der Waals surface area contributed by atoms with Gasteiger partial charge in [-0.25, -0.2) is 0 Å². The zero-order chi connectivity index (χ0) is 18.4. The highest BCUT2D eigenvalue weighted by atomic mass is 16.5. The van der Waals surface area contributed by atoms with E-state index in [1.54, 1.807) is 24.4 Å². The second kappa shape index (κ2) is 7.83. The van der Waals surface area contributed by atoms with Crippen LogP contribution in [-0.2, 0) is 4.79 Å². The molecule has 1 aromatic heterocycles. The van der Waals surface area contributed by atoms with E-state index in [9.17, 15) is 9.59 Å². The summed E-state index contributed by atoms with van der Waals surface area (Å²) in [6, 6.07) is 12.2. The molecule has 1 N–H and O–H groups in total. The van der Waals surface area contributed by atoms with Gasteiger partial charge in [0.25, 0.3) is 11.5 Å². The van der Waals surface area contributed by atoms with Crippen LogP contribution >= 0.6 is 0 Å². The number of nitrogens with one attached hydrogen (secondary N) is 1. The van der Waals surface area contributed by atoms with E-state index in [-0.39, 0.29) is 17.2 Å². The Kier molecular flexibility index (Phi) is 5.80. The number of hydrogen-bond donors (Lipinski definition) is 1. The molecule has 0 bridgehead atoms. The van der Waals surface area contributed by atoms with Crippen LogP contribution in [0.25, 0.3) is 11.8 Å². The minimum Gasteiger partial charge on any atom is -0.494 e. The van der Waals surface area contributed by atoms with Crippen molar-refractivity contribution in [2.75, 3.05) is 6.61 Å². The van der Waals surface area contributed by atoms with E-state index in [0.29, 0.717) is 6.61 Å². The lowest BCUT2D eigenvalue weighted by Crippen LogP contribution is -2.42. The molecule has 0 fully saturated rings. The highest BCUT2D eigenvalue weighted by Gasteiger charge is 2.19. The number of nitrogens with zero attached hydrogens (tertiary/aromatic N) is 1. The Balaban J connectivity index is 2.45. The highest BCUT2D eigenvalue weighted by molar-refractivity contribution is 6.18. The fourth-order valence-electron chi connectivity index (χ4n) is 2.26. The number of amides is 1. The van der Waals surface area contributed by atoms with E-state index in [2.05, 4.69) is 5.32 Å². The average molecular weight is 340 g/mol. The summed E-state index contributed by atoms with van der Waals surface area (Å²) >= 11 is 0. The SMILES string of the molecule is CCOc1ccc(C=C(C(=O)NC(C)(C)C)n2ccccc2=O)cc1. The van der Waals surface area contributed by atoms with Gasteiger partial charge in [-0.15, -0.1) is 0 Å². The predicted molar refractivity (Wildman–Crippen MR) is 100 cm³/mol. The highest BCUT2D eigenvalue weighted by Crippen LogP contribution is 2.16. The van der Waals surface area contributed by atoms with Gasteiger partial charge in [0.15, 0.2) is 0 Å². The monoisotopic (exact) mass is 340 g/mol. The molecule has 0 aliphatic heterocycles. The second-order valence-electron chi connectivity index (χ2n) is 6.64. The molecule has 1 heterocycles. The van der Waals surface area contributed by atoms with E-state index < -0.39 is 5.54 Å². The van der Waals surface area contributed by atoms with Crippen molar-refractivity contribution in [3.8, 4) is 5.75 Å². The maximum absolute atomic E-state index is 12.7. The molecule has 25 heavy (non-hydrogen) atoms. The van der Waals surface area contributed by atoms with Crippen molar-refractivity contribution in [3.05, 3.63) is 64.6 Å². The summed E-state index contributed by atoms with van der Waals surface area (Å²) < 4.78 is 6.77. The summed E-state index contributed by atoms with van der Waals surface area (Å²) in [5.74, 6) is 0.451. The Morgan fingerprint density at radius 1 is 1.16 bits per heavy atom. The topological polar surface area (TPSA) is 60.3 Å². The van der Waals surface area contributed by atoms with Gasteiger partial charge in [-0.05, 0) is 57.5 Å². The molecular formula is C20H24N2O3. The molecule has 0 radical (unpaired) electrons. The number of pyridine rings is 1. The van der Waals surface area contributed by atoms with Gasteiger partial charge in [-0.1, -0.05) is 18.2 Å². The quantitative estimate of drug-likeness (QED) is 0.851. The predicted octanol–water partition coefficient (Wildman–Crippen LogP) is 3.16. The third kappa shape index (κ3) is 5.35. The van der Waals surface area contributed by atoms with E-state index in [1.165, 1.54) is 10.6 Å². The first-order valence-corrected chi connectivity index (χ1v) is 8.25. The summed E-state index contributed by atoms with van der Waals surface area (Å²) in [4.78, 5) is 24.9. The van der Waals surface area contributed by atoms with Crippen molar-refractivity contribution in [3.63, 3.8) is 0 Å². The van der Waals surface area contributed by atoms with Gasteiger partial charge in [-0.2, -0.15) is 0 Å². The normalized spacial score (nSPS) is 11.9. The number of aromatic nitrogens is 1. The molecule has 5 nitrogen and oxygen atoms in total. The number of carbonyl (C=O) groups is 1. The molecular weight excluding hydrogens is 316 g/mol. The van der Waals surface area contributed by atoms with Gasteiger partial charge in [0.2, 0.25) is 0 Å². The summed E-state index contributed by atoms with van der Waals surface area (Å²) in [5.41, 5.74) is 0.402. The lowest BCUT2D eigenvalue weighted by Gasteiger charge is -2.22. The van der Waals surface area contributed by atoms with Crippen LogP contribution in [0.2, 0.25) is 0 Å². The molecule has 1 aromatic carbocycles. The van der Waals surface area contributed by atoms with Crippen molar-refractivity contribution < 1.29 is 9.53 Å². The third-order valence-corrected chi connectivity index (χ3v) is 3.30. The van der Waals surface area contributed by atoms with Crippen LogP contribution in [0.15, 0.2) is 53.5 Å². The van der Waals surface area contributed by atoms with Crippen molar-refractivity contribution >= 4 is 17.7 Å². The lowest BCUT2D eigenvalue weighted by molar-refractivity contribution is -0.117. The summed E-state index contributed by atoms with van der Waals surface area (Å²) in [5, 5.41) is 2.91. The van der Waals surface area contributed by atoms with E-state index in [4.69, 9.17) is 4.74 Å². The number of carbonyl (C=O) groups excluding carboxylic acids is 1. The number of rotatable bonds is 5. The molecule has 5 heteroatoms. The van der Waals surface area contributed by atoms with Crippen LogP contribution in [0, 0.1) is 0 Å². The first-order chi connectivity index (χ1) is 11.8. The molecule has 0 saturated carbocycles. The van der Waals surface area contributed by atoms with Crippen LogP contribution in [0.4, 0.5) is 0 Å². The Hall–Kier alpha value is -2.82. The standard InChI is InChI=1S/C20H24N2O3/c1-5-25-16-11-9-15(10-12-16)14-17(19(24)21-20(2,3)4)22-13-7-6-8-18(22)23/h6-14H,5H2,1-4H3,(H,21,24). The Bertz CT molecular complexity index is 812. The molecule has 2 aromatic rings. The van der Waals surface area contributed by atoms with Gasteiger partial charge in [0, 0.05) is 17.8 Å². The van der Waals surface area contributed by atoms with Crippen LogP contribution < -0.4 is 15.6 Å². The maximum Gasteiger partial charge on any atom is 0.268 e. The van der Waals surface area contributed by atoms with Gasteiger partial charge in [-0.3, -0.25) is 14.2 Å². The fraction of sp³-hybridized carbons (Fsp3) is 0.300. The van der Waals surface area contributed by atoms with E-state index in [1.807, 2.05) is 52.0 Å². The van der Waals surface area contributed by atoms with E-state index >= 15 is 0 Å². The molecule has 0 aliphatic rings. The first-order valence-electron chi connectivity index (χ1n) is 8.25. The number of hydrogen-bond acceptors (Lipinski definition) is 3. The van der Waals surface area contributed by atoms with Crippen LogP contribution in [0.1, 0.15) is 33.3 Å². The van der Waals surface area contributed by atoms with Gasteiger partial charge in [0.05, 0.1) is 6.61 Å². The fourth-order valence-corrected chi connectivity index (χ4v) is 2.26. The molecule has 0 unspecified atom stereocenters. The summed E-state index contributed by atoms with van der Waals surface area (Å²) in [6.07, 6.45) is 3.28. The molecule has 0 saturated heterocycles. The van der Waals surface area contributed by atoms with Crippen LogP contribution in [0.5, 0.6) is 5.75 Å². The number of benzene rings is 1. The minimum atomic E-state index is -0.409. The van der Waals surface area contributed by atoms with Crippen LogP contribution in [0.3, 0.4) is 0 Å². The van der Waals surface area contributed by atoms with Crippen molar-refractivity contribution in [2.24, 2.45) is 0 Å². The summed E-state index contributed by atoms with van der Waals surface area (Å²) in [6.45, 7) is 8.20. The molecule has 132 valence electrons. The largest absolute Gasteiger partial charge is 0.494 e. The third-order valence-electron chi connectivity index (χ3n) is 3.30. The second-order valence-corrected chi connectivity index (χ2v) is 6.64. The maximum atomic E-state index is 12.7. The number of ether oxygens (including phenoxy) is 1. The zero-order valence-corrected chi connectivity index (χ0v) is 15.1. The van der Waals surface area contributed by atoms with Gasteiger partial charge < -0.3 is 10.1 Å².